The number of rotatable bonds is 4. The number of aromatic nitrogens is 2. The van der Waals surface area contributed by atoms with Crippen LogP contribution in [0.5, 0.6) is 0 Å². The zero-order valence-corrected chi connectivity index (χ0v) is 15.9. The molecule has 3 nitrogen and oxygen atoms in total. The number of aromatic amines is 1. The third-order valence-electron chi connectivity index (χ3n) is 3.83. The zero-order chi connectivity index (χ0) is 17.3. The first-order chi connectivity index (χ1) is 11.6. The Balaban J connectivity index is 2.18. The molecule has 1 aromatic carbocycles. The standard InChI is InChI=1S/C17H13Cl2N3S2/c1-2-13(10-5-6-11(18)12(19)8-10)22-14(9-20)16(21-17(22)23)15-4-3-7-24-15/h3-8,13H,2H2,1H3,(H,21,23). The van der Waals surface area contributed by atoms with Crippen LogP contribution in [0, 0.1) is 16.1 Å². The Bertz CT molecular complexity index is 965. The van der Waals surface area contributed by atoms with Gasteiger partial charge in [-0.3, -0.25) is 0 Å². The molecule has 2 heterocycles. The summed E-state index contributed by atoms with van der Waals surface area (Å²) in [5.41, 5.74) is 2.26. The van der Waals surface area contributed by atoms with E-state index in [0.717, 1.165) is 22.6 Å². The summed E-state index contributed by atoms with van der Waals surface area (Å²) in [6.07, 6.45) is 0.767. The number of thiophene rings is 1. The normalized spacial score (nSPS) is 12.1. The SMILES string of the molecule is CCC(c1ccc(Cl)c(Cl)c1)n1c(C#N)c(-c2cccs2)[nH]c1=S. The van der Waals surface area contributed by atoms with Crippen LogP contribution in [0.2, 0.25) is 10.0 Å². The minimum absolute atomic E-state index is 0.0909. The summed E-state index contributed by atoms with van der Waals surface area (Å²) in [6, 6.07) is 11.6. The van der Waals surface area contributed by atoms with Gasteiger partial charge in [-0.15, -0.1) is 11.3 Å². The van der Waals surface area contributed by atoms with Crippen molar-refractivity contribution < 1.29 is 0 Å². The van der Waals surface area contributed by atoms with Crippen LogP contribution in [0.15, 0.2) is 35.7 Å². The van der Waals surface area contributed by atoms with Crippen molar-refractivity contribution in [3.8, 4) is 16.6 Å². The van der Waals surface area contributed by atoms with Crippen LogP contribution in [0.1, 0.15) is 30.6 Å². The molecule has 122 valence electrons. The molecule has 0 aliphatic rings. The first-order valence-corrected chi connectivity index (χ1v) is 9.34. The topological polar surface area (TPSA) is 44.5 Å². The van der Waals surface area contributed by atoms with E-state index in [1.807, 2.05) is 41.1 Å². The number of halogens is 2. The lowest BCUT2D eigenvalue weighted by Gasteiger charge is -2.19. The van der Waals surface area contributed by atoms with Gasteiger partial charge in [0, 0.05) is 0 Å². The van der Waals surface area contributed by atoms with Crippen molar-refractivity contribution in [3.05, 3.63) is 61.8 Å². The predicted octanol–water partition coefficient (Wildman–Crippen LogP) is 6.45. The monoisotopic (exact) mass is 393 g/mol. The smallest absolute Gasteiger partial charge is 0.179 e. The molecule has 3 aromatic rings. The minimum atomic E-state index is -0.0909. The molecule has 1 unspecified atom stereocenters. The largest absolute Gasteiger partial charge is 0.329 e. The molecule has 0 radical (unpaired) electrons. The van der Waals surface area contributed by atoms with Crippen molar-refractivity contribution in [2.24, 2.45) is 0 Å². The maximum absolute atomic E-state index is 9.72. The van der Waals surface area contributed by atoms with E-state index in [1.54, 1.807) is 17.4 Å². The number of hydrogen-bond donors (Lipinski definition) is 1. The average molecular weight is 394 g/mol. The van der Waals surface area contributed by atoms with Crippen molar-refractivity contribution in [2.75, 3.05) is 0 Å². The van der Waals surface area contributed by atoms with Gasteiger partial charge in [0.2, 0.25) is 0 Å². The van der Waals surface area contributed by atoms with Gasteiger partial charge in [0.1, 0.15) is 11.8 Å². The molecule has 0 saturated heterocycles. The quantitative estimate of drug-likeness (QED) is 0.517. The molecule has 2 aromatic heterocycles. The van der Waals surface area contributed by atoms with E-state index < -0.39 is 0 Å². The molecule has 0 aliphatic heterocycles. The number of hydrogen-bond acceptors (Lipinski definition) is 3. The first-order valence-electron chi connectivity index (χ1n) is 7.30. The third-order valence-corrected chi connectivity index (χ3v) is 5.75. The molecule has 7 heteroatoms. The molecule has 3 rings (SSSR count). The summed E-state index contributed by atoms with van der Waals surface area (Å²) >= 11 is 19.3. The van der Waals surface area contributed by atoms with E-state index in [-0.39, 0.29) is 6.04 Å². The summed E-state index contributed by atoms with van der Waals surface area (Å²) < 4.78 is 2.39. The Morgan fingerprint density at radius 1 is 1.33 bits per heavy atom. The third kappa shape index (κ3) is 3.03. The van der Waals surface area contributed by atoms with Gasteiger partial charge in [-0.2, -0.15) is 5.26 Å². The average Bonchev–Trinajstić information content (AvgIpc) is 3.20. The summed E-state index contributed by atoms with van der Waals surface area (Å²) in [4.78, 5) is 4.17. The fraction of sp³-hybridized carbons (Fsp3) is 0.176. The van der Waals surface area contributed by atoms with Crippen LogP contribution in [0.25, 0.3) is 10.6 Å². The van der Waals surface area contributed by atoms with E-state index >= 15 is 0 Å². The molecule has 1 N–H and O–H groups in total. The Kier molecular flexibility index (Phi) is 5.12. The summed E-state index contributed by atoms with van der Waals surface area (Å²) in [5, 5.41) is 12.7. The van der Waals surface area contributed by atoms with E-state index in [9.17, 15) is 5.26 Å². The summed E-state index contributed by atoms with van der Waals surface area (Å²) in [6.45, 7) is 2.05. The highest BCUT2D eigenvalue weighted by Crippen LogP contribution is 2.34. The maximum atomic E-state index is 9.72. The fourth-order valence-corrected chi connectivity index (χ4v) is 4.10. The van der Waals surface area contributed by atoms with Crippen LogP contribution < -0.4 is 0 Å². The Hall–Kier alpha value is -1.58. The number of nitrogens with zero attached hydrogens (tertiary/aromatic N) is 2. The van der Waals surface area contributed by atoms with Crippen LogP contribution in [0.3, 0.4) is 0 Å². The molecule has 0 amide bonds. The van der Waals surface area contributed by atoms with Gasteiger partial charge in [0.25, 0.3) is 0 Å². The molecule has 24 heavy (non-hydrogen) atoms. The maximum Gasteiger partial charge on any atom is 0.179 e. The second kappa shape index (κ2) is 7.12. The predicted molar refractivity (Wildman–Crippen MR) is 103 cm³/mol. The van der Waals surface area contributed by atoms with Crippen molar-refractivity contribution in [2.45, 2.75) is 19.4 Å². The number of imidazole rings is 1. The minimum Gasteiger partial charge on any atom is -0.329 e. The van der Waals surface area contributed by atoms with Crippen molar-refractivity contribution >= 4 is 46.8 Å². The van der Waals surface area contributed by atoms with Crippen LogP contribution >= 0.6 is 46.8 Å². The van der Waals surface area contributed by atoms with Gasteiger partial charge in [-0.1, -0.05) is 42.3 Å². The second-order valence-corrected chi connectivity index (χ2v) is 7.36. The zero-order valence-electron chi connectivity index (χ0n) is 12.7. The number of H-pyrrole nitrogens is 1. The highest BCUT2D eigenvalue weighted by Gasteiger charge is 2.21. The number of benzene rings is 1. The molecule has 0 aliphatic carbocycles. The van der Waals surface area contributed by atoms with Crippen molar-refractivity contribution in [1.29, 1.82) is 5.26 Å². The molecule has 1 atom stereocenters. The lowest BCUT2D eigenvalue weighted by molar-refractivity contribution is 0.555. The second-order valence-electron chi connectivity index (χ2n) is 5.21. The lowest BCUT2D eigenvalue weighted by Crippen LogP contribution is -2.12. The Labute approximate surface area is 159 Å². The highest BCUT2D eigenvalue weighted by molar-refractivity contribution is 7.71. The van der Waals surface area contributed by atoms with Crippen LogP contribution in [-0.2, 0) is 0 Å². The Morgan fingerprint density at radius 3 is 2.71 bits per heavy atom. The molecular weight excluding hydrogens is 381 g/mol. The summed E-state index contributed by atoms with van der Waals surface area (Å²) in [5.74, 6) is 0. The number of nitriles is 1. The van der Waals surface area contributed by atoms with E-state index in [0.29, 0.717) is 20.5 Å². The van der Waals surface area contributed by atoms with Crippen LogP contribution in [0.4, 0.5) is 0 Å². The van der Waals surface area contributed by atoms with Crippen LogP contribution in [-0.4, -0.2) is 9.55 Å². The molecule has 0 saturated carbocycles. The molecule has 0 fully saturated rings. The van der Waals surface area contributed by atoms with Gasteiger partial charge in [-0.25, -0.2) is 0 Å². The lowest BCUT2D eigenvalue weighted by atomic mass is 10.0. The van der Waals surface area contributed by atoms with Crippen molar-refractivity contribution in [1.82, 2.24) is 9.55 Å². The molecule has 0 bridgehead atoms. The van der Waals surface area contributed by atoms with E-state index in [2.05, 4.69) is 11.1 Å². The number of nitrogens with one attached hydrogen (secondary N) is 1. The van der Waals surface area contributed by atoms with E-state index in [4.69, 9.17) is 35.4 Å². The summed E-state index contributed by atoms with van der Waals surface area (Å²) in [7, 11) is 0. The molecular formula is C17H13Cl2N3S2. The van der Waals surface area contributed by atoms with Gasteiger partial charge in [0.05, 0.1) is 26.7 Å². The highest BCUT2D eigenvalue weighted by atomic mass is 35.5. The van der Waals surface area contributed by atoms with Gasteiger partial charge < -0.3 is 9.55 Å². The first kappa shape index (κ1) is 17.2. The fourth-order valence-electron chi connectivity index (χ4n) is 2.74. The Morgan fingerprint density at radius 2 is 2.12 bits per heavy atom. The van der Waals surface area contributed by atoms with Gasteiger partial charge in [-0.05, 0) is 47.8 Å². The molecule has 0 spiro atoms. The van der Waals surface area contributed by atoms with Gasteiger partial charge in [0.15, 0.2) is 4.77 Å². The van der Waals surface area contributed by atoms with Gasteiger partial charge >= 0.3 is 0 Å². The van der Waals surface area contributed by atoms with Crippen molar-refractivity contribution in [3.63, 3.8) is 0 Å². The van der Waals surface area contributed by atoms with E-state index in [1.165, 1.54) is 0 Å².